The van der Waals surface area contributed by atoms with E-state index in [4.69, 9.17) is 4.74 Å². The largest absolute Gasteiger partial charge is 0.376 e. The van der Waals surface area contributed by atoms with Gasteiger partial charge in [0.2, 0.25) is 5.91 Å². The molecule has 0 saturated carbocycles. The topological polar surface area (TPSA) is 41.6 Å². The van der Waals surface area contributed by atoms with Crippen molar-refractivity contribution in [2.45, 2.75) is 44.8 Å². The van der Waals surface area contributed by atoms with Crippen LogP contribution < -0.4 is 5.32 Å². The van der Waals surface area contributed by atoms with Crippen LogP contribution in [0.3, 0.4) is 0 Å². The summed E-state index contributed by atoms with van der Waals surface area (Å²) in [6.07, 6.45) is 4.71. The molecule has 110 valence electrons. The van der Waals surface area contributed by atoms with Crippen LogP contribution in [-0.4, -0.2) is 60.7 Å². The highest BCUT2D eigenvalue weighted by Gasteiger charge is 2.30. The molecule has 2 aliphatic heterocycles. The van der Waals surface area contributed by atoms with Gasteiger partial charge < -0.3 is 15.0 Å². The molecule has 5 heteroatoms. The predicted octanol–water partition coefficient (Wildman–Crippen LogP) is 1.50. The van der Waals surface area contributed by atoms with Gasteiger partial charge in [0.1, 0.15) is 0 Å². The van der Waals surface area contributed by atoms with Gasteiger partial charge in [-0.05, 0) is 38.0 Å². The van der Waals surface area contributed by atoms with Crippen LogP contribution in [0.1, 0.15) is 32.6 Å². The molecular formula is C14H26N2O2S. The van der Waals surface area contributed by atoms with Crippen LogP contribution in [0.25, 0.3) is 0 Å². The fraction of sp³-hybridized carbons (Fsp3) is 0.929. The SMILES string of the molecule is CCCNCC(=O)N(CC1CCCO1)C1CCSC1. The van der Waals surface area contributed by atoms with E-state index in [2.05, 4.69) is 17.1 Å². The average Bonchev–Trinajstić information content (AvgIpc) is 3.09. The number of amides is 1. The first kappa shape index (κ1) is 15.1. The van der Waals surface area contributed by atoms with E-state index in [1.54, 1.807) is 0 Å². The van der Waals surface area contributed by atoms with Crippen LogP contribution in [0.15, 0.2) is 0 Å². The second kappa shape index (κ2) is 8.12. The lowest BCUT2D eigenvalue weighted by molar-refractivity contribution is -0.133. The van der Waals surface area contributed by atoms with E-state index in [1.165, 1.54) is 5.75 Å². The van der Waals surface area contributed by atoms with E-state index in [0.29, 0.717) is 12.6 Å². The van der Waals surface area contributed by atoms with Crippen molar-refractivity contribution in [1.29, 1.82) is 0 Å². The van der Waals surface area contributed by atoms with Gasteiger partial charge in [-0.1, -0.05) is 6.92 Å². The number of rotatable bonds is 7. The van der Waals surface area contributed by atoms with Gasteiger partial charge >= 0.3 is 0 Å². The summed E-state index contributed by atoms with van der Waals surface area (Å²) in [5.74, 6) is 2.52. The third-order valence-corrected chi connectivity index (χ3v) is 4.94. The molecule has 2 aliphatic rings. The number of thioether (sulfide) groups is 1. The Bertz CT molecular complexity index is 277. The lowest BCUT2D eigenvalue weighted by Gasteiger charge is -2.31. The lowest BCUT2D eigenvalue weighted by Crippen LogP contribution is -2.48. The van der Waals surface area contributed by atoms with E-state index >= 15 is 0 Å². The summed E-state index contributed by atoms with van der Waals surface area (Å²) in [6.45, 7) is 5.16. The minimum absolute atomic E-state index is 0.247. The number of carbonyl (C=O) groups is 1. The molecule has 0 aromatic heterocycles. The number of hydrogen-bond acceptors (Lipinski definition) is 4. The second-order valence-corrected chi connectivity index (χ2v) is 6.53. The Labute approximate surface area is 120 Å². The van der Waals surface area contributed by atoms with E-state index in [-0.39, 0.29) is 12.0 Å². The molecule has 0 aromatic carbocycles. The standard InChI is InChI=1S/C14H26N2O2S/c1-2-6-15-9-14(17)16(12-5-8-19-11-12)10-13-4-3-7-18-13/h12-13,15H,2-11H2,1H3. The van der Waals surface area contributed by atoms with Crippen molar-refractivity contribution in [3.05, 3.63) is 0 Å². The summed E-state index contributed by atoms with van der Waals surface area (Å²) in [5.41, 5.74) is 0. The van der Waals surface area contributed by atoms with Crippen molar-refractivity contribution in [2.24, 2.45) is 0 Å². The van der Waals surface area contributed by atoms with Crippen LogP contribution in [-0.2, 0) is 9.53 Å². The summed E-state index contributed by atoms with van der Waals surface area (Å²) in [4.78, 5) is 14.5. The molecule has 2 heterocycles. The molecule has 0 radical (unpaired) electrons. The highest BCUT2D eigenvalue weighted by Crippen LogP contribution is 2.24. The smallest absolute Gasteiger partial charge is 0.236 e. The van der Waals surface area contributed by atoms with Crippen LogP contribution in [0, 0.1) is 0 Å². The van der Waals surface area contributed by atoms with E-state index in [9.17, 15) is 4.79 Å². The number of nitrogens with zero attached hydrogens (tertiary/aromatic N) is 1. The molecule has 0 bridgehead atoms. The molecule has 1 N–H and O–H groups in total. The summed E-state index contributed by atoms with van der Waals surface area (Å²) in [5, 5.41) is 3.22. The molecule has 19 heavy (non-hydrogen) atoms. The van der Waals surface area contributed by atoms with Gasteiger partial charge in [0, 0.05) is 24.9 Å². The molecule has 0 aliphatic carbocycles. The van der Waals surface area contributed by atoms with Crippen LogP contribution in [0.2, 0.25) is 0 Å². The zero-order valence-corrected chi connectivity index (χ0v) is 12.7. The van der Waals surface area contributed by atoms with E-state index < -0.39 is 0 Å². The molecule has 0 aromatic rings. The van der Waals surface area contributed by atoms with Gasteiger partial charge in [-0.25, -0.2) is 0 Å². The Hall–Kier alpha value is -0.260. The lowest BCUT2D eigenvalue weighted by atomic mass is 10.1. The monoisotopic (exact) mass is 286 g/mol. The van der Waals surface area contributed by atoms with Crippen LogP contribution in [0.4, 0.5) is 0 Å². The van der Waals surface area contributed by atoms with Gasteiger partial charge in [0.25, 0.3) is 0 Å². The molecular weight excluding hydrogens is 260 g/mol. The van der Waals surface area contributed by atoms with Gasteiger partial charge in [0.05, 0.1) is 12.6 Å². The zero-order valence-electron chi connectivity index (χ0n) is 11.9. The highest BCUT2D eigenvalue weighted by atomic mass is 32.2. The van der Waals surface area contributed by atoms with Crippen molar-refractivity contribution < 1.29 is 9.53 Å². The first-order valence-corrected chi connectivity index (χ1v) is 8.66. The molecule has 2 unspecified atom stereocenters. The normalized spacial score (nSPS) is 26.8. The summed E-state index contributed by atoms with van der Waals surface area (Å²) < 4.78 is 5.70. The van der Waals surface area contributed by atoms with Gasteiger partial charge in [-0.15, -0.1) is 0 Å². The first-order valence-electron chi connectivity index (χ1n) is 7.50. The fourth-order valence-electron chi connectivity index (χ4n) is 2.70. The minimum Gasteiger partial charge on any atom is -0.376 e. The molecule has 4 nitrogen and oxygen atoms in total. The molecule has 1 amide bonds. The van der Waals surface area contributed by atoms with Crippen molar-refractivity contribution in [3.63, 3.8) is 0 Å². The van der Waals surface area contributed by atoms with E-state index in [0.717, 1.165) is 51.1 Å². The predicted molar refractivity (Wildman–Crippen MR) is 79.6 cm³/mol. The zero-order chi connectivity index (χ0) is 13.5. The number of carbonyl (C=O) groups excluding carboxylic acids is 1. The molecule has 2 saturated heterocycles. The maximum atomic E-state index is 12.4. The van der Waals surface area contributed by atoms with Crippen molar-refractivity contribution in [2.75, 3.05) is 37.7 Å². The average molecular weight is 286 g/mol. The third-order valence-electron chi connectivity index (χ3n) is 3.79. The maximum absolute atomic E-state index is 12.4. The first-order chi connectivity index (χ1) is 9.31. The quantitative estimate of drug-likeness (QED) is 0.720. The van der Waals surface area contributed by atoms with Crippen molar-refractivity contribution in [3.8, 4) is 0 Å². The Morgan fingerprint density at radius 1 is 1.47 bits per heavy atom. The number of ether oxygens (including phenoxy) is 1. The van der Waals surface area contributed by atoms with Crippen molar-refractivity contribution >= 4 is 17.7 Å². The Balaban J connectivity index is 1.86. The minimum atomic E-state index is 0.247. The third kappa shape index (κ3) is 4.65. The van der Waals surface area contributed by atoms with Crippen molar-refractivity contribution in [1.82, 2.24) is 10.2 Å². The van der Waals surface area contributed by atoms with Crippen LogP contribution in [0.5, 0.6) is 0 Å². The fourth-order valence-corrected chi connectivity index (χ4v) is 3.93. The highest BCUT2D eigenvalue weighted by molar-refractivity contribution is 7.99. The van der Waals surface area contributed by atoms with E-state index in [1.807, 2.05) is 11.8 Å². The van der Waals surface area contributed by atoms with Gasteiger partial charge in [-0.2, -0.15) is 11.8 Å². The Morgan fingerprint density at radius 2 is 2.37 bits per heavy atom. The number of hydrogen-bond donors (Lipinski definition) is 1. The van der Waals surface area contributed by atoms with Crippen LogP contribution >= 0.6 is 11.8 Å². The molecule has 0 spiro atoms. The second-order valence-electron chi connectivity index (χ2n) is 5.38. The Morgan fingerprint density at radius 3 is 3.00 bits per heavy atom. The molecule has 2 rings (SSSR count). The summed E-state index contributed by atoms with van der Waals surface area (Å²) >= 11 is 1.96. The number of nitrogens with one attached hydrogen (secondary N) is 1. The van der Waals surface area contributed by atoms with Gasteiger partial charge in [0.15, 0.2) is 0 Å². The maximum Gasteiger partial charge on any atom is 0.236 e. The Kier molecular flexibility index (Phi) is 6.47. The molecule has 2 fully saturated rings. The summed E-state index contributed by atoms with van der Waals surface area (Å²) in [6, 6.07) is 0.421. The molecule has 2 atom stereocenters. The summed E-state index contributed by atoms with van der Waals surface area (Å²) in [7, 11) is 0. The van der Waals surface area contributed by atoms with Gasteiger partial charge in [-0.3, -0.25) is 4.79 Å².